The van der Waals surface area contributed by atoms with E-state index in [-0.39, 0.29) is 11.1 Å². The van der Waals surface area contributed by atoms with E-state index in [9.17, 15) is 4.79 Å². The SMILES string of the molecule is [2H]C(C)(C(=O)O)c1ccc(C([2H])([2H])C(C)C([2H])([2H])[2H])cc1. The summed E-state index contributed by atoms with van der Waals surface area (Å²) in [5.41, 5.74) is 0.354. The van der Waals surface area contributed by atoms with Gasteiger partial charge in [0.15, 0.2) is 0 Å². The molecule has 0 radical (unpaired) electrons. The molecule has 0 aliphatic heterocycles. The van der Waals surface area contributed by atoms with Gasteiger partial charge in [-0.3, -0.25) is 4.79 Å². The topological polar surface area (TPSA) is 37.3 Å². The monoisotopic (exact) mass is 212 g/mol. The summed E-state index contributed by atoms with van der Waals surface area (Å²) in [5.74, 6) is -4.35. The highest BCUT2D eigenvalue weighted by Gasteiger charge is 2.12. The molecular formula is C13H18O2. The molecule has 0 bridgehead atoms. The number of hydrogen-bond acceptors (Lipinski definition) is 1. The Kier molecular flexibility index (Phi) is 1.88. The van der Waals surface area contributed by atoms with E-state index in [2.05, 4.69) is 0 Å². The van der Waals surface area contributed by atoms with Gasteiger partial charge < -0.3 is 5.11 Å². The fourth-order valence-electron chi connectivity index (χ4n) is 1.19. The molecule has 0 heterocycles. The van der Waals surface area contributed by atoms with E-state index in [1.165, 1.54) is 38.1 Å². The Bertz CT molecular complexity index is 518. The van der Waals surface area contributed by atoms with Crippen molar-refractivity contribution in [2.24, 2.45) is 5.92 Å². The summed E-state index contributed by atoms with van der Waals surface area (Å²) in [7, 11) is 0. The van der Waals surface area contributed by atoms with Gasteiger partial charge in [0.05, 0.1) is 5.89 Å². The van der Waals surface area contributed by atoms with Crippen LogP contribution in [0, 0.1) is 5.92 Å². The summed E-state index contributed by atoms with van der Waals surface area (Å²) < 4.78 is 45.7. The third kappa shape index (κ3) is 3.39. The van der Waals surface area contributed by atoms with E-state index in [1.54, 1.807) is 0 Å². The highest BCUT2D eigenvalue weighted by atomic mass is 16.4. The molecule has 0 aromatic heterocycles. The van der Waals surface area contributed by atoms with Gasteiger partial charge in [0.1, 0.15) is 0 Å². The molecule has 0 amide bonds. The molecule has 0 saturated heterocycles. The summed E-state index contributed by atoms with van der Waals surface area (Å²) in [6.45, 7) is 0.101. The summed E-state index contributed by atoms with van der Waals surface area (Å²) in [5, 5.41) is 8.98. The summed E-state index contributed by atoms with van der Waals surface area (Å²) in [6.07, 6.45) is -2.08. The Morgan fingerprint density at radius 1 is 1.53 bits per heavy atom. The summed E-state index contributed by atoms with van der Waals surface area (Å²) >= 11 is 0. The minimum atomic E-state index is -2.44. The average Bonchev–Trinajstić information content (AvgIpc) is 2.36. The van der Waals surface area contributed by atoms with Gasteiger partial charge in [-0.2, -0.15) is 0 Å². The Balaban J connectivity index is 3.16. The smallest absolute Gasteiger partial charge is 0.310 e. The molecule has 2 heteroatoms. The standard InChI is InChI=1S/C13H18O2/c1-9(2)8-11-4-6-12(7-5-11)10(3)13(14)15/h4-7,9-10H,8H2,1-3H3,(H,14,15)/i1D3,8D2,10D. The summed E-state index contributed by atoms with van der Waals surface area (Å²) in [4.78, 5) is 11.0. The van der Waals surface area contributed by atoms with Crippen molar-refractivity contribution in [1.29, 1.82) is 0 Å². The third-order valence-electron chi connectivity index (χ3n) is 2.02. The Labute approximate surface area is 99.4 Å². The zero-order chi connectivity index (χ0) is 16.6. The van der Waals surface area contributed by atoms with E-state index in [0.29, 0.717) is 0 Å². The van der Waals surface area contributed by atoms with Crippen LogP contribution in [0.3, 0.4) is 0 Å². The highest BCUT2D eigenvalue weighted by Crippen LogP contribution is 2.17. The number of carboxylic acids is 1. The van der Waals surface area contributed by atoms with Crippen molar-refractivity contribution in [3.05, 3.63) is 35.4 Å². The van der Waals surface area contributed by atoms with Crippen molar-refractivity contribution in [2.45, 2.75) is 33.0 Å². The minimum Gasteiger partial charge on any atom is -0.481 e. The molecule has 1 aromatic carbocycles. The first-order chi connectivity index (χ1) is 9.31. The maximum Gasteiger partial charge on any atom is 0.310 e. The molecule has 0 aliphatic carbocycles. The Morgan fingerprint density at radius 3 is 2.60 bits per heavy atom. The van der Waals surface area contributed by atoms with Gasteiger partial charge >= 0.3 is 5.97 Å². The molecule has 1 aromatic rings. The zero-order valence-corrected chi connectivity index (χ0v) is 8.74. The second-order valence-electron chi connectivity index (χ2n) is 3.37. The van der Waals surface area contributed by atoms with Crippen LogP contribution in [0.2, 0.25) is 0 Å². The average molecular weight is 212 g/mol. The first kappa shape index (κ1) is 5.69. The number of rotatable bonds is 4. The second-order valence-corrected chi connectivity index (χ2v) is 3.37. The molecule has 1 N–H and O–H groups in total. The van der Waals surface area contributed by atoms with Crippen molar-refractivity contribution < 1.29 is 18.1 Å². The van der Waals surface area contributed by atoms with Gasteiger partial charge in [0, 0.05) is 8.22 Å². The van der Waals surface area contributed by atoms with Crippen LogP contribution in [-0.4, -0.2) is 11.1 Å². The summed E-state index contributed by atoms with van der Waals surface area (Å²) in [6, 6.07) is 5.38. The lowest BCUT2D eigenvalue weighted by Crippen LogP contribution is -2.07. The second kappa shape index (κ2) is 4.96. The van der Waals surface area contributed by atoms with E-state index >= 15 is 0 Å². The zero-order valence-electron chi connectivity index (χ0n) is 14.7. The van der Waals surface area contributed by atoms with Crippen LogP contribution < -0.4 is 0 Å². The maximum atomic E-state index is 11.0. The van der Waals surface area contributed by atoms with Crippen LogP contribution >= 0.6 is 0 Å². The quantitative estimate of drug-likeness (QED) is 0.832. The molecule has 2 nitrogen and oxygen atoms in total. The lowest BCUT2D eigenvalue weighted by molar-refractivity contribution is -0.138. The van der Waals surface area contributed by atoms with Crippen LogP contribution in [0.4, 0.5) is 0 Å². The van der Waals surface area contributed by atoms with Crippen LogP contribution in [0.15, 0.2) is 24.3 Å². The van der Waals surface area contributed by atoms with Gasteiger partial charge in [-0.25, -0.2) is 0 Å². The van der Waals surface area contributed by atoms with Crippen molar-refractivity contribution in [1.82, 2.24) is 0 Å². The number of carboxylic acid groups (broad SMARTS) is 1. The molecule has 0 saturated carbocycles. The van der Waals surface area contributed by atoms with Crippen LogP contribution in [0.5, 0.6) is 0 Å². The normalized spacial score (nSPS) is 24.4. The lowest BCUT2D eigenvalue weighted by atomic mass is 9.97. The molecule has 0 fully saturated rings. The highest BCUT2D eigenvalue weighted by molar-refractivity contribution is 5.75. The molecule has 1 rings (SSSR count). The number of hydrogen-bond donors (Lipinski definition) is 1. The number of aliphatic carboxylic acids is 1. The minimum absolute atomic E-state index is 0.149. The van der Waals surface area contributed by atoms with Crippen LogP contribution in [0.1, 0.15) is 45.9 Å². The van der Waals surface area contributed by atoms with Crippen LogP contribution in [0.25, 0.3) is 0 Å². The predicted molar refractivity (Wildman–Crippen MR) is 61.0 cm³/mol. The van der Waals surface area contributed by atoms with E-state index in [1.807, 2.05) is 0 Å². The molecule has 15 heavy (non-hydrogen) atoms. The fraction of sp³-hybridized carbons (Fsp3) is 0.462. The molecule has 2 unspecified atom stereocenters. The number of benzene rings is 1. The lowest BCUT2D eigenvalue weighted by Gasteiger charge is -2.09. The predicted octanol–water partition coefficient (Wildman–Crippen LogP) is 3.07. The van der Waals surface area contributed by atoms with Gasteiger partial charge in [-0.15, -0.1) is 0 Å². The third-order valence-corrected chi connectivity index (χ3v) is 2.02. The molecule has 0 spiro atoms. The largest absolute Gasteiger partial charge is 0.481 e. The van der Waals surface area contributed by atoms with E-state index in [0.717, 1.165) is 0 Å². The van der Waals surface area contributed by atoms with Gasteiger partial charge in [0.2, 0.25) is 0 Å². The Hall–Kier alpha value is -1.31. The van der Waals surface area contributed by atoms with Gasteiger partial charge in [0.25, 0.3) is 0 Å². The molecule has 0 aliphatic rings. The van der Waals surface area contributed by atoms with Crippen molar-refractivity contribution in [3.63, 3.8) is 0 Å². The fourth-order valence-corrected chi connectivity index (χ4v) is 1.19. The maximum absolute atomic E-state index is 11.0. The van der Waals surface area contributed by atoms with Crippen LogP contribution in [-0.2, 0) is 11.2 Å². The van der Waals surface area contributed by atoms with E-state index in [4.69, 9.17) is 13.3 Å². The number of carbonyl (C=O) groups is 1. The van der Waals surface area contributed by atoms with Gasteiger partial charge in [-0.1, -0.05) is 38.0 Å². The van der Waals surface area contributed by atoms with Crippen molar-refractivity contribution in [2.75, 3.05) is 0 Å². The Morgan fingerprint density at radius 2 is 2.13 bits per heavy atom. The van der Waals surface area contributed by atoms with Gasteiger partial charge in [-0.05, 0) is 30.3 Å². The van der Waals surface area contributed by atoms with Crippen molar-refractivity contribution in [3.8, 4) is 0 Å². The first-order valence-electron chi connectivity index (χ1n) is 7.65. The first-order valence-corrected chi connectivity index (χ1v) is 4.65. The molecular weight excluding hydrogens is 188 g/mol. The van der Waals surface area contributed by atoms with Crippen molar-refractivity contribution >= 4 is 5.97 Å². The van der Waals surface area contributed by atoms with E-state index < -0.39 is 31.0 Å². The molecule has 82 valence electrons. The molecule has 2 atom stereocenters.